The average Bonchev–Trinajstić information content (AvgIpc) is 2.99. The number of H-pyrrole nitrogens is 1. The molecule has 0 atom stereocenters. The molecule has 0 aliphatic rings. The summed E-state index contributed by atoms with van der Waals surface area (Å²) < 4.78 is 0. The van der Waals surface area contributed by atoms with Gasteiger partial charge in [0.15, 0.2) is 0 Å². The van der Waals surface area contributed by atoms with Gasteiger partial charge < -0.3 is 10.3 Å². The molecule has 2 aromatic carbocycles. The minimum absolute atomic E-state index is 0.103. The van der Waals surface area contributed by atoms with Crippen LogP contribution in [0.1, 0.15) is 11.1 Å². The lowest BCUT2D eigenvalue weighted by Gasteiger charge is -2.05. The molecule has 3 rings (SSSR count). The highest BCUT2D eigenvalue weighted by atomic mass is 32.2. The first-order chi connectivity index (χ1) is 11.3. The fourth-order valence-corrected chi connectivity index (χ4v) is 3.39. The Bertz CT molecular complexity index is 767. The van der Waals surface area contributed by atoms with Crippen LogP contribution < -0.4 is 5.32 Å². The molecule has 0 bridgehead atoms. The van der Waals surface area contributed by atoms with E-state index in [1.807, 2.05) is 36.5 Å². The maximum Gasteiger partial charge on any atom is 0.230 e. The number of rotatable bonds is 7. The number of aromatic nitrogens is 1. The van der Waals surface area contributed by atoms with Gasteiger partial charge in [-0.3, -0.25) is 4.79 Å². The van der Waals surface area contributed by atoms with Gasteiger partial charge in [0.1, 0.15) is 0 Å². The van der Waals surface area contributed by atoms with Gasteiger partial charge in [0.05, 0.1) is 5.75 Å². The third-order valence-electron chi connectivity index (χ3n) is 3.74. The Hall–Kier alpha value is -2.20. The van der Waals surface area contributed by atoms with Crippen molar-refractivity contribution in [3.05, 3.63) is 71.9 Å². The number of nitrogens with one attached hydrogen (secondary N) is 2. The number of carbonyl (C=O) groups excluding carboxylic acids is 1. The van der Waals surface area contributed by atoms with E-state index < -0.39 is 0 Å². The monoisotopic (exact) mass is 324 g/mol. The molecule has 4 heteroatoms. The number of aromatic amines is 1. The van der Waals surface area contributed by atoms with Gasteiger partial charge in [-0.1, -0.05) is 48.5 Å². The van der Waals surface area contributed by atoms with Crippen LogP contribution in [-0.2, 0) is 17.0 Å². The first-order valence-electron chi connectivity index (χ1n) is 7.76. The lowest BCUT2D eigenvalue weighted by Crippen LogP contribution is -2.27. The van der Waals surface area contributed by atoms with Gasteiger partial charge in [-0.2, -0.15) is 0 Å². The normalized spacial score (nSPS) is 10.8. The predicted octanol–water partition coefficient (Wildman–Crippen LogP) is 3.76. The molecular weight excluding hydrogens is 304 g/mol. The fourth-order valence-electron chi connectivity index (χ4n) is 2.55. The summed E-state index contributed by atoms with van der Waals surface area (Å²) in [6, 6.07) is 18.5. The summed E-state index contributed by atoms with van der Waals surface area (Å²) >= 11 is 1.65. The summed E-state index contributed by atoms with van der Waals surface area (Å²) in [6.45, 7) is 0.691. The van der Waals surface area contributed by atoms with Gasteiger partial charge in [-0.05, 0) is 23.6 Å². The molecule has 0 fully saturated rings. The van der Waals surface area contributed by atoms with Crippen LogP contribution in [0, 0.1) is 0 Å². The summed E-state index contributed by atoms with van der Waals surface area (Å²) in [7, 11) is 0. The molecule has 118 valence electrons. The topological polar surface area (TPSA) is 44.9 Å². The molecule has 0 radical (unpaired) electrons. The smallest absolute Gasteiger partial charge is 0.230 e. The number of carbonyl (C=O) groups is 1. The van der Waals surface area contributed by atoms with E-state index in [1.54, 1.807) is 11.8 Å². The third-order valence-corrected chi connectivity index (χ3v) is 4.73. The number of amides is 1. The standard InChI is InChI=1S/C19H20N2OS/c22-19(20-11-10-15-6-2-1-3-7-15)14-23-13-16-12-21-18-9-5-4-8-17(16)18/h1-9,12,21H,10-11,13-14H2,(H,20,22). The summed E-state index contributed by atoms with van der Waals surface area (Å²) in [5.41, 5.74) is 3.65. The fraction of sp³-hybridized carbons (Fsp3) is 0.211. The van der Waals surface area contributed by atoms with Gasteiger partial charge in [-0.15, -0.1) is 11.8 Å². The van der Waals surface area contributed by atoms with E-state index >= 15 is 0 Å². The zero-order chi connectivity index (χ0) is 15.9. The van der Waals surface area contributed by atoms with E-state index in [4.69, 9.17) is 0 Å². The third kappa shape index (κ3) is 4.39. The van der Waals surface area contributed by atoms with Crippen LogP contribution in [0.2, 0.25) is 0 Å². The highest BCUT2D eigenvalue weighted by Crippen LogP contribution is 2.22. The Labute approximate surface area is 140 Å². The molecule has 0 spiro atoms. The molecule has 1 aromatic heterocycles. The summed E-state index contributed by atoms with van der Waals surface area (Å²) in [5, 5.41) is 4.22. The molecule has 23 heavy (non-hydrogen) atoms. The molecule has 0 saturated carbocycles. The zero-order valence-electron chi connectivity index (χ0n) is 12.9. The van der Waals surface area contributed by atoms with Crippen molar-refractivity contribution in [3.8, 4) is 0 Å². The summed E-state index contributed by atoms with van der Waals surface area (Å²) in [5.74, 6) is 1.44. The van der Waals surface area contributed by atoms with Gasteiger partial charge in [0.2, 0.25) is 5.91 Å². The van der Waals surface area contributed by atoms with Crippen LogP contribution in [0.25, 0.3) is 10.9 Å². The SMILES string of the molecule is O=C(CSCc1c[nH]c2ccccc12)NCCc1ccccc1. The van der Waals surface area contributed by atoms with Gasteiger partial charge >= 0.3 is 0 Å². The van der Waals surface area contributed by atoms with E-state index in [2.05, 4.69) is 34.6 Å². The van der Waals surface area contributed by atoms with Crippen LogP contribution >= 0.6 is 11.8 Å². The Morgan fingerprint density at radius 2 is 1.83 bits per heavy atom. The van der Waals surface area contributed by atoms with Crippen molar-refractivity contribution in [1.29, 1.82) is 0 Å². The van der Waals surface area contributed by atoms with Crippen LogP contribution in [0.3, 0.4) is 0 Å². The summed E-state index contributed by atoms with van der Waals surface area (Å²) in [6.07, 6.45) is 2.91. The minimum atomic E-state index is 0.103. The van der Waals surface area contributed by atoms with E-state index in [1.165, 1.54) is 16.5 Å². The summed E-state index contributed by atoms with van der Waals surface area (Å²) in [4.78, 5) is 15.2. The van der Waals surface area contributed by atoms with Crippen LogP contribution in [-0.4, -0.2) is 23.2 Å². The Kier molecular flexibility index (Phi) is 5.37. The highest BCUT2D eigenvalue weighted by Gasteiger charge is 2.05. The quantitative estimate of drug-likeness (QED) is 0.695. The molecule has 2 N–H and O–H groups in total. The van der Waals surface area contributed by atoms with E-state index in [0.717, 1.165) is 17.7 Å². The first-order valence-corrected chi connectivity index (χ1v) is 8.92. The largest absolute Gasteiger partial charge is 0.361 e. The number of para-hydroxylation sites is 1. The maximum absolute atomic E-state index is 11.9. The highest BCUT2D eigenvalue weighted by molar-refractivity contribution is 7.99. The van der Waals surface area contributed by atoms with Crippen molar-refractivity contribution >= 4 is 28.6 Å². The van der Waals surface area contributed by atoms with Crippen molar-refractivity contribution in [2.24, 2.45) is 0 Å². The Morgan fingerprint density at radius 3 is 2.70 bits per heavy atom. The van der Waals surface area contributed by atoms with E-state index in [-0.39, 0.29) is 5.91 Å². The number of fused-ring (bicyclic) bond motifs is 1. The van der Waals surface area contributed by atoms with Gasteiger partial charge in [-0.25, -0.2) is 0 Å². The Morgan fingerprint density at radius 1 is 1.04 bits per heavy atom. The van der Waals surface area contributed by atoms with Crippen molar-refractivity contribution in [2.45, 2.75) is 12.2 Å². The van der Waals surface area contributed by atoms with E-state index in [9.17, 15) is 4.79 Å². The molecule has 3 nitrogen and oxygen atoms in total. The average molecular weight is 324 g/mol. The second-order valence-electron chi connectivity index (χ2n) is 5.44. The lowest BCUT2D eigenvalue weighted by molar-refractivity contribution is -0.118. The van der Waals surface area contributed by atoms with Crippen molar-refractivity contribution in [1.82, 2.24) is 10.3 Å². The molecule has 3 aromatic rings. The van der Waals surface area contributed by atoms with E-state index in [0.29, 0.717) is 12.3 Å². The molecule has 0 saturated heterocycles. The number of benzene rings is 2. The van der Waals surface area contributed by atoms with Crippen LogP contribution in [0.5, 0.6) is 0 Å². The number of thioether (sulfide) groups is 1. The van der Waals surface area contributed by atoms with Crippen molar-refractivity contribution < 1.29 is 4.79 Å². The van der Waals surface area contributed by atoms with Crippen LogP contribution in [0.4, 0.5) is 0 Å². The molecular formula is C19H20N2OS. The second-order valence-corrected chi connectivity index (χ2v) is 6.42. The predicted molar refractivity (Wildman–Crippen MR) is 97.6 cm³/mol. The van der Waals surface area contributed by atoms with Crippen molar-refractivity contribution in [3.63, 3.8) is 0 Å². The number of hydrogen-bond donors (Lipinski definition) is 2. The maximum atomic E-state index is 11.9. The first kappa shape index (κ1) is 15.7. The molecule has 1 amide bonds. The zero-order valence-corrected chi connectivity index (χ0v) is 13.7. The lowest BCUT2D eigenvalue weighted by atomic mass is 10.1. The molecule has 0 unspecified atom stereocenters. The van der Waals surface area contributed by atoms with Gasteiger partial charge in [0.25, 0.3) is 0 Å². The number of hydrogen-bond acceptors (Lipinski definition) is 2. The Balaban J connectivity index is 1.39. The molecule has 0 aliphatic carbocycles. The molecule has 1 heterocycles. The molecule has 0 aliphatic heterocycles. The second kappa shape index (κ2) is 7.88. The van der Waals surface area contributed by atoms with Gasteiger partial charge in [0, 0.05) is 29.4 Å². The van der Waals surface area contributed by atoms with Crippen molar-refractivity contribution in [2.75, 3.05) is 12.3 Å². The minimum Gasteiger partial charge on any atom is -0.361 e. The van der Waals surface area contributed by atoms with Crippen LogP contribution in [0.15, 0.2) is 60.8 Å².